The van der Waals surface area contributed by atoms with Crippen LogP contribution in [0.4, 0.5) is 0 Å². The third-order valence-electron chi connectivity index (χ3n) is 3.59. The molecule has 0 amide bonds. The van der Waals surface area contributed by atoms with Gasteiger partial charge in [0, 0.05) is 12.4 Å². The van der Waals surface area contributed by atoms with Crippen molar-refractivity contribution in [3.05, 3.63) is 16.4 Å². The minimum Gasteiger partial charge on any atom is -0.271 e. The first-order valence-corrected chi connectivity index (χ1v) is 7.23. The first-order valence-electron chi connectivity index (χ1n) is 5.73. The van der Waals surface area contributed by atoms with Crippen molar-refractivity contribution in [3.8, 4) is 0 Å². The summed E-state index contributed by atoms with van der Waals surface area (Å²) in [7, 11) is 1.97. The highest BCUT2D eigenvalue weighted by Gasteiger charge is 2.28. The molecule has 0 bridgehead atoms. The molecule has 0 radical (unpaired) electrons. The van der Waals surface area contributed by atoms with Crippen LogP contribution in [0, 0.1) is 12.3 Å². The van der Waals surface area contributed by atoms with Crippen LogP contribution in [0.3, 0.4) is 0 Å². The van der Waals surface area contributed by atoms with Crippen LogP contribution < -0.4 is 0 Å². The van der Waals surface area contributed by atoms with E-state index in [4.69, 9.17) is 11.6 Å². The Bertz CT molecular complexity index is 348. The molecule has 16 heavy (non-hydrogen) atoms. The van der Waals surface area contributed by atoms with E-state index in [0.29, 0.717) is 5.41 Å². The van der Waals surface area contributed by atoms with Crippen LogP contribution in [0.5, 0.6) is 0 Å². The molecule has 0 aliphatic rings. The van der Waals surface area contributed by atoms with E-state index in [1.165, 1.54) is 0 Å². The SMILES string of the molecule is CCC(CC)(CBr)Cc1c(Cl)c(C)nn1C. The summed E-state index contributed by atoms with van der Waals surface area (Å²) in [5.74, 6) is 0. The van der Waals surface area contributed by atoms with Crippen molar-refractivity contribution in [2.45, 2.75) is 40.0 Å². The molecule has 0 unspecified atom stereocenters. The van der Waals surface area contributed by atoms with Crippen molar-refractivity contribution in [3.63, 3.8) is 0 Å². The highest BCUT2D eigenvalue weighted by Crippen LogP contribution is 2.35. The first kappa shape index (κ1) is 14.0. The van der Waals surface area contributed by atoms with Crippen molar-refractivity contribution in [2.24, 2.45) is 12.5 Å². The third-order valence-corrected chi connectivity index (χ3v) is 5.27. The predicted octanol–water partition coefficient (Wildman–Crippen LogP) is 4.13. The second-order valence-corrected chi connectivity index (χ2v) is 5.43. The summed E-state index contributed by atoms with van der Waals surface area (Å²) in [6.07, 6.45) is 3.28. The Labute approximate surface area is 111 Å². The molecule has 92 valence electrons. The number of aromatic nitrogens is 2. The molecular formula is C12H20BrClN2. The molecule has 0 saturated heterocycles. The quantitative estimate of drug-likeness (QED) is 0.748. The van der Waals surface area contributed by atoms with Gasteiger partial charge in [0.2, 0.25) is 0 Å². The number of halogens is 2. The summed E-state index contributed by atoms with van der Waals surface area (Å²) < 4.78 is 1.92. The number of hydrogen-bond acceptors (Lipinski definition) is 1. The lowest BCUT2D eigenvalue weighted by molar-refractivity contribution is 0.299. The fourth-order valence-electron chi connectivity index (χ4n) is 1.96. The van der Waals surface area contributed by atoms with Gasteiger partial charge in [-0.2, -0.15) is 5.10 Å². The Hall–Kier alpha value is -0.0200. The van der Waals surface area contributed by atoms with Crippen molar-refractivity contribution >= 4 is 27.5 Å². The summed E-state index contributed by atoms with van der Waals surface area (Å²) in [5, 5.41) is 6.20. The monoisotopic (exact) mass is 306 g/mol. The first-order chi connectivity index (χ1) is 7.49. The van der Waals surface area contributed by atoms with Crippen LogP contribution in [0.1, 0.15) is 38.1 Å². The number of rotatable bonds is 5. The fourth-order valence-corrected chi connectivity index (χ4v) is 3.18. The Balaban J connectivity index is 3.02. The molecule has 1 aromatic heterocycles. The second kappa shape index (κ2) is 5.54. The van der Waals surface area contributed by atoms with Gasteiger partial charge in [0.05, 0.1) is 16.4 Å². The van der Waals surface area contributed by atoms with Crippen LogP contribution in [-0.4, -0.2) is 15.1 Å². The van der Waals surface area contributed by atoms with Crippen LogP contribution in [0.15, 0.2) is 0 Å². The normalized spacial score (nSPS) is 12.1. The molecule has 0 fully saturated rings. The molecule has 0 spiro atoms. The van der Waals surface area contributed by atoms with Crippen molar-refractivity contribution < 1.29 is 0 Å². The Morgan fingerprint density at radius 2 is 1.94 bits per heavy atom. The standard InChI is InChI=1S/C12H20BrClN2/c1-5-12(6-2,8-13)7-10-11(14)9(3)15-16(10)4/h5-8H2,1-4H3. The Kier molecular flexibility index (Phi) is 4.87. The topological polar surface area (TPSA) is 17.8 Å². The molecule has 1 heterocycles. The minimum absolute atomic E-state index is 0.296. The number of hydrogen-bond donors (Lipinski definition) is 0. The molecule has 1 aromatic rings. The van der Waals surface area contributed by atoms with Gasteiger partial charge >= 0.3 is 0 Å². The van der Waals surface area contributed by atoms with Crippen LogP contribution >= 0.6 is 27.5 Å². The molecule has 1 rings (SSSR count). The summed E-state index contributed by atoms with van der Waals surface area (Å²) in [5.41, 5.74) is 2.38. The lowest BCUT2D eigenvalue weighted by atomic mass is 9.80. The van der Waals surface area contributed by atoms with E-state index >= 15 is 0 Å². The van der Waals surface area contributed by atoms with Gasteiger partial charge in [0.1, 0.15) is 0 Å². The average molecular weight is 308 g/mol. The Morgan fingerprint density at radius 3 is 2.25 bits per heavy atom. The average Bonchev–Trinajstić information content (AvgIpc) is 2.52. The van der Waals surface area contributed by atoms with Gasteiger partial charge in [-0.3, -0.25) is 4.68 Å². The van der Waals surface area contributed by atoms with Gasteiger partial charge in [-0.25, -0.2) is 0 Å². The van der Waals surface area contributed by atoms with Gasteiger partial charge in [0.25, 0.3) is 0 Å². The molecule has 0 atom stereocenters. The minimum atomic E-state index is 0.296. The maximum atomic E-state index is 6.29. The second-order valence-electron chi connectivity index (χ2n) is 4.49. The molecule has 0 aliphatic carbocycles. The molecule has 0 aromatic carbocycles. The van der Waals surface area contributed by atoms with Gasteiger partial charge in [-0.1, -0.05) is 41.4 Å². The number of nitrogens with zero attached hydrogens (tertiary/aromatic N) is 2. The fraction of sp³-hybridized carbons (Fsp3) is 0.750. The molecule has 0 saturated carbocycles. The van der Waals surface area contributed by atoms with E-state index in [-0.39, 0.29) is 0 Å². The van der Waals surface area contributed by atoms with Gasteiger partial charge in [0.15, 0.2) is 0 Å². The zero-order valence-corrected chi connectivity index (χ0v) is 12.8. The van der Waals surface area contributed by atoms with Crippen LogP contribution in [0.25, 0.3) is 0 Å². The molecule has 4 heteroatoms. The molecule has 2 nitrogen and oxygen atoms in total. The van der Waals surface area contributed by atoms with Crippen molar-refractivity contribution in [1.82, 2.24) is 9.78 Å². The van der Waals surface area contributed by atoms with Gasteiger partial charge < -0.3 is 0 Å². The lowest BCUT2D eigenvalue weighted by Gasteiger charge is -2.29. The van der Waals surface area contributed by atoms with Gasteiger partial charge in [-0.15, -0.1) is 0 Å². The van der Waals surface area contributed by atoms with Crippen molar-refractivity contribution in [1.29, 1.82) is 0 Å². The number of aryl methyl sites for hydroxylation is 2. The highest BCUT2D eigenvalue weighted by atomic mass is 79.9. The van der Waals surface area contributed by atoms with Crippen molar-refractivity contribution in [2.75, 3.05) is 5.33 Å². The maximum Gasteiger partial charge on any atom is 0.0847 e. The summed E-state index contributed by atoms with van der Waals surface area (Å²) in [4.78, 5) is 0. The smallest absolute Gasteiger partial charge is 0.0847 e. The van der Waals surface area contributed by atoms with E-state index in [1.54, 1.807) is 0 Å². The maximum absolute atomic E-state index is 6.29. The predicted molar refractivity (Wildman–Crippen MR) is 73.5 cm³/mol. The molecule has 0 N–H and O–H groups in total. The summed E-state index contributed by atoms with van der Waals surface area (Å²) >= 11 is 9.93. The van der Waals surface area contributed by atoms with E-state index in [1.807, 2.05) is 18.7 Å². The number of alkyl halides is 1. The zero-order valence-electron chi connectivity index (χ0n) is 10.5. The van der Waals surface area contributed by atoms with E-state index < -0.39 is 0 Å². The highest BCUT2D eigenvalue weighted by molar-refractivity contribution is 9.09. The van der Waals surface area contributed by atoms with E-state index in [9.17, 15) is 0 Å². The largest absolute Gasteiger partial charge is 0.271 e. The van der Waals surface area contributed by atoms with E-state index in [2.05, 4.69) is 34.9 Å². The third kappa shape index (κ3) is 2.62. The van der Waals surface area contributed by atoms with Gasteiger partial charge in [-0.05, 0) is 31.6 Å². The lowest BCUT2D eigenvalue weighted by Crippen LogP contribution is -2.25. The summed E-state index contributed by atoms with van der Waals surface area (Å²) in [6, 6.07) is 0. The van der Waals surface area contributed by atoms with Crippen LogP contribution in [0.2, 0.25) is 5.02 Å². The van der Waals surface area contributed by atoms with E-state index in [0.717, 1.165) is 41.0 Å². The van der Waals surface area contributed by atoms with Crippen LogP contribution in [-0.2, 0) is 13.5 Å². The molecule has 0 aliphatic heterocycles. The summed E-state index contributed by atoms with van der Waals surface area (Å²) in [6.45, 7) is 6.43. The zero-order chi connectivity index (χ0) is 12.3. The Morgan fingerprint density at radius 1 is 1.38 bits per heavy atom. The molecular weight excluding hydrogens is 288 g/mol.